The van der Waals surface area contributed by atoms with Crippen molar-refractivity contribution in [1.82, 2.24) is 9.80 Å². The number of anilines is 1. The molecule has 0 aromatic heterocycles. The number of amides is 1. The highest BCUT2D eigenvalue weighted by Gasteiger charge is 2.25. The Kier molecular flexibility index (Phi) is 6.53. The molecular formula is C24H24FN3O3S. The van der Waals surface area contributed by atoms with Crippen molar-refractivity contribution in [1.29, 1.82) is 0 Å². The quantitative estimate of drug-likeness (QED) is 0.619. The second-order valence-corrected chi connectivity index (χ2v) is 9.34. The fourth-order valence-electron chi connectivity index (χ4n) is 3.70. The smallest absolute Gasteiger partial charge is 0.261 e. The number of carbonyl (C=O) groups is 1. The van der Waals surface area contributed by atoms with E-state index in [4.69, 9.17) is 0 Å². The molecule has 1 heterocycles. The van der Waals surface area contributed by atoms with Gasteiger partial charge in [-0.15, -0.1) is 0 Å². The molecule has 32 heavy (non-hydrogen) atoms. The van der Waals surface area contributed by atoms with Gasteiger partial charge in [0.25, 0.3) is 15.9 Å². The minimum atomic E-state index is -3.96. The summed E-state index contributed by atoms with van der Waals surface area (Å²) in [4.78, 5) is 17.1. The van der Waals surface area contributed by atoms with E-state index < -0.39 is 15.8 Å². The second-order valence-electron chi connectivity index (χ2n) is 7.66. The highest BCUT2D eigenvalue weighted by Crippen LogP contribution is 2.22. The molecular weight excluding hydrogens is 429 g/mol. The van der Waals surface area contributed by atoms with Crippen LogP contribution in [0.4, 0.5) is 10.1 Å². The van der Waals surface area contributed by atoms with Crippen LogP contribution in [-0.4, -0.2) is 50.3 Å². The Morgan fingerprint density at radius 3 is 2.16 bits per heavy atom. The molecule has 1 aliphatic heterocycles. The minimum absolute atomic E-state index is 0.0734. The van der Waals surface area contributed by atoms with Crippen LogP contribution >= 0.6 is 0 Å². The molecule has 3 aromatic rings. The van der Waals surface area contributed by atoms with Gasteiger partial charge >= 0.3 is 0 Å². The molecule has 1 fully saturated rings. The van der Waals surface area contributed by atoms with Gasteiger partial charge in [-0.2, -0.15) is 0 Å². The summed E-state index contributed by atoms with van der Waals surface area (Å²) >= 11 is 0. The van der Waals surface area contributed by atoms with Crippen molar-refractivity contribution in [3.63, 3.8) is 0 Å². The van der Waals surface area contributed by atoms with Gasteiger partial charge in [0.15, 0.2) is 0 Å². The summed E-state index contributed by atoms with van der Waals surface area (Å²) in [6.07, 6.45) is 0. The summed E-state index contributed by atoms with van der Waals surface area (Å²) in [6, 6.07) is 21.3. The topological polar surface area (TPSA) is 69.7 Å². The average Bonchev–Trinajstić information content (AvgIpc) is 2.80. The molecule has 1 N–H and O–H groups in total. The van der Waals surface area contributed by atoms with Crippen LogP contribution in [-0.2, 0) is 16.6 Å². The van der Waals surface area contributed by atoms with E-state index in [1.807, 2.05) is 18.2 Å². The fraction of sp³-hybridized carbons (Fsp3) is 0.208. The van der Waals surface area contributed by atoms with Gasteiger partial charge in [-0.1, -0.05) is 42.5 Å². The molecule has 1 saturated heterocycles. The maximum Gasteiger partial charge on any atom is 0.261 e. The van der Waals surface area contributed by atoms with Gasteiger partial charge in [0.2, 0.25) is 0 Å². The number of hydrogen-bond donors (Lipinski definition) is 1. The SMILES string of the molecule is O=C(c1ccccc1NS(=O)(=O)c1ccc(F)cc1)N1CCN(Cc2ccccc2)CC1. The van der Waals surface area contributed by atoms with Crippen molar-refractivity contribution in [3.8, 4) is 0 Å². The number of rotatable bonds is 6. The fourth-order valence-corrected chi connectivity index (χ4v) is 4.78. The van der Waals surface area contributed by atoms with Crippen LogP contribution in [0.2, 0.25) is 0 Å². The van der Waals surface area contributed by atoms with Crippen molar-refractivity contribution in [3.05, 3.63) is 95.8 Å². The first-order valence-corrected chi connectivity index (χ1v) is 11.8. The van der Waals surface area contributed by atoms with Crippen LogP contribution < -0.4 is 4.72 Å². The summed E-state index contributed by atoms with van der Waals surface area (Å²) in [6.45, 7) is 3.43. The van der Waals surface area contributed by atoms with E-state index >= 15 is 0 Å². The lowest BCUT2D eigenvalue weighted by atomic mass is 10.1. The molecule has 0 unspecified atom stereocenters. The van der Waals surface area contributed by atoms with Crippen molar-refractivity contribution in [2.45, 2.75) is 11.4 Å². The van der Waals surface area contributed by atoms with Crippen LogP contribution in [0.15, 0.2) is 83.8 Å². The molecule has 3 aromatic carbocycles. The predicted octanol–water partition coefficient (Wildman–Crippen LogP) is 3.58. The van der Waals surface area contributed by atoms with Gasteiger partial charge in [-0.3, -0.25) is 14.4 Å². The number of halogens is 1. The first-order chi connectivity index (χ1) is 15.4. The summed E-state index contributed by atoms with van der Waals surface area (Å²) < 4.78 is 41.1. The van der Waals surface area contributed by atoms with Gasteiger partial charge in [0.1, 0.15) is 5.82 Å². The Balaban J connectivity index is 1.44. The highest BCUT2D eigenvalue weighted by atomic mass is 32.2. The summed E-state index contributed by atoms with van der Waals surface area (Å²) in [5, 5.41) is 0. The molecule has 0 bridgehead atoms. The van der Waals surface area contributed by atoms with Gasteiger partial charge in [-0.05, 0) is 42.0 Å². The largest absolute Gasteiger partial charge is 0.336 e. The maximum absolute atomic E-state index is 13.2. The number of carbonyl (C=O) groups excluding carboxylic acids is 1. The third kappa shape index (κ3) is 5.15. The number of para-hydroxylation sites is 1. The van der Waals surface area contributed by atoms with Crippen molar-refractivity contribution in [2.75, 3.05) is 30.9 Å². The lowest BCUT2D eigenvalue weighted by Crippen LogP contribution is -2.48. The van der Waals surface area contributed by atoms with Crippen LogP contribution in [0.5, 0.6) is 0 Å². The van der Waals surface area contributed by atoms with Gasteiger partial charge < -0.3 is 4.90 Å². The standard InChI is InChI=1S/C24H24FN3O3S/c25-20-10-12-21(13-11-20)32(30,31)26-23-9-5-4-8-22(23)24(29)28-16-14-27(15-17-28)18-19-6-2-1-3-7-19/h1-13,26H,14-18H2. The number of nitrogens with one attached hydrogen (secondary N) is 1. The number of sulfonamides is 1. The van der Waals surface area contributed by atoms with Crippen LogP contribution in [0, 0.1) is 5.82 Å². The van der Waals surface area contributed by atoms with Crippen LogP contribution in [0.1, 0.15) is 15.9 Å². The highest BCUT2D eigenvalue weighted by molar-refractivity contribution is 7.92. The molecule has 0 saturated carbocycles. The maximum atomic E-state index is 13.2. The van der Waals surface area contributed by atoms with E-state index in [1.54, 1.807) is 29.2 Å². The number of piperazine rings is 1. The van der Waals surface area contributed by atoms with E-state index in [0.29, 0.717) is 13.1 Å². The Morgan fingerprint density at radius 2 is 1.47 bits per heavy atom. The monoisotopic (exact) mass is 453 g/mol. The molecule has 166 valence electrons. The summed E-state index contributed by atoms with van der Waals surface area (Å²) in [7, 11) is -3.96. The van der Waals surface area contributed by atoms with Crippen LogP contribution in [0.3, 0.4) is 0 Å². The van der Waals surface area contributed by atoms with E-state index in [0.717, 1.165) is 31.8 Å². The molecule has 1 amide bonds. The van der Waals surface area contributed by atoms with E-state index in [-0.39, 0.29) is 22.1 Å². The number of benzene rings is 3. The third-order valence-corrected chi connectivity index (χ3v) is 6.82. The van der Waals surface area contributed by atoms with E-state index in [9.17, 15) is 17.6 Å². The molecule has 0 atom stereocenters. The average molecular weight is 454 g/mol. The predicted molar refractivity (Wildman–Crippen MR) is 121 cm³/mol. The zero-order valence-electron chi connectivity index (χ0n) is 17.4. The van der Waals surface area contributed by atoms with Gasteiger partial charge in [0, 0.05) is 32.7 Å². The molecule has 0 radical (unpaired) electrons. The van der Waals surface area contributed by atoms with E-state index in [1.165, 1.54) is 17.7 Å². The lowest BCUT2D eigenvalue weighted by Gasteiger charge is -2.35. The molecule has 0 aliphatic carbocycles. The zero-order chi connectivity index (χ0) is 22.6. The molecule has 4 rings (SSSR count). The molecule has 0 spiro atoms. The molecule has 1 aliphatic rings. The lowest BCUT2D eigenvalue weighted by molar-refractivity contribution is 0.0629. The Labute approximate surface area is 187 Å². The Hall–Kier alpha value is -3.23. The molecule has 8 heteroatoms. The normalized spacial score (nSPS) is 14.8. The second kappa shape index (κ2) is 9.50. The van der Waals surface area contributed by atoms with Gasteiger partial charge in [0.05, 0.1) is 16.1 Å². The zero-order valence-corrected chi connectivity index (χ0v) is 18.3. The minimum Gasteiger partial charge on any atom is -0.336 e. The van der Waals surface area contributed by atoms with E-state index in [2.05, 4.69) is 21.8 Å². The Bertz CT molecular complexity index is 1180. The van der Waals surface area contributed by atoms with Crippen molar-refractivity contribution >= 4 is 21.6 Å². The first-order valence-electron chi connectivity index (χ1n) is 10.4. The summed E-state index contributed by atoms with van der Waals surface area (Å²) in [5.41, 5.74) is 1.72. The Morgan fingerprint density at radius 1 is 0.844 bits per heavy atom. The van der Waals surface area contributed by atoms with Crippen molar-refractivity contribution in [2.24, 2.45) is 0 Å². The number of nitrogens with zero attached hydrogens (tertiary/aromatic N) is 2. The third-order valence-electron chi connectivity index (χ3n) is 5.43. The van der Waals surface area contributed by atoms with Crippen LogP contribution in [0.25, 0.3) is 0 Å². The first kappa shape index (κ1) is 22.0. The summed E-state index contributed by atoms with van der Waals surface area (Å²) in [5.74, 6) is -0.743. The molecule has 6 nitrogen and oxygen atoms in total. The number of hydrogen-bond acceptors (Lipinski definition) is 4. The van der Waals surface area contributed by atoms with Crippen molar-refractivity contribution < 1.29 is 17.6 Å². The van der Waals surface area contributed by atoms with Gasteiger partial charge in [-0.25, -0.2) is 12.8 Å².